The molecular formula is C17H24N2OS. The molecular weight excluding hydrogens is 280 g/mol. The van der Waals surface area contributed by atoms with Crippen molar-refractivity contribution in [2.75, 3.05) is 0 Å². The Balaban J connectivity index is 1.85. The highest BCUT2D eigenvalue weighted by molar-refractivity contribution is 7.11. The number of hydrogen-bond acceptors (Lipinski definition) is 4. The molecule has 0 atom stereocenters. The number of hydrogen-bond donors (Lipinski definition) is 1. The van der Waals surface area contributed by atoms with E-state index < -0.39 is 0 Å². The van der Waals surface area contributed by atoms with Crippen LogP contribution in [0.2, 0.25) is 0 Å². The number of nitrogens with one attached hydrogen (secondary N) is 1. The van der Waals surface area contributed by atoms with Gasteiger partial charge in [-0.15, -0.1) is 11.3 Å². The van der Waals surface area contributed by atoms with E-state index in [9.17, 15) is 0 Å². The molecule has 0 amide bonds. The van der Waals surface area contributed by atoms with Gasteiger partial charge in [0.1, 0.15) is 17.4 Å². The summed E-state index contributed by atoms with van der Waals surface area (Å²) in [6, 6.07) is 8.81. The van der Waals surface area contributed by atoms with Gasteiger partial charge in [0, 0.05) is 23.7 Å². The van der Waals surface area contributed by atoms with Crippen molar-refractivity contribution in [1.29, 1.82) is 0 Å². The fourth-order valence-corrected chi connectivity index (χ4v) is 2.68. The van der Waals surface area contributed by atoms with Gasteiger partial charge in [0.25, 0.3) is 0 Å². The summed E-state index contributed by atoms with van der Waals surface area (Å²) in [5.74, 6) is 1.45. The molecule has 0 spiro atoms. The second-order valence-electron chi connectivity index (χ2n) is 5.77. The number of aromatic nitrogens is 1. The lowest BCUT2D eigenvalue weighted by Crippen LogP contribution is -2.21. The van der Waals surface area contributed by atoms with Crippen LogP contribution in [-0.4, -0.2) is 11.0 Å². The van der Waals surface area contributed by atoms with E-state index in [1.807, 2.05) is 18.3 Å². The lowest BCUT2D eigenvalue weighted by atomic mass is 10.0. The summed E-state index contributed by atoms with van der Waals surface area (Å²) in [6.07, 6.45) is 1.93. The highest BCUT2D eigenvalue weighted by Crippen LogP contribution is 2.20. The van der Waals surface area contributed by atoms with Crippen molar-refractivity contribution < 1.29 is 4.74 Å². The Morgan fingerprint density at radius 3 is 2.48 bits per heavy atom. The first kappa shape index (κ1) is 16.0. The lowest BCUT2D eigenvalue weighted by molar-refractivity contribution is 0.305. The summed E-state index contributed by atoms with van der Waals surface area (Å²) in [5, 5.41) is 4.41. The van der Waals surface area contributed by atoms with Gasteiger partial charge in [0.2, 0.25) is 0 Å². The van der Waals surface area contributed by atoms with E-state index >= 15 is 0 Å². The van der Waals surface area contributed by atoms with Crippen molar-refractivity contribution in [3.05, 3.63) is 45.9 Å². The molecule has 0 bridgehead atoms. The molecule has 2 aromatic rings. The van der Waals surface area contributed by atoms with Crippen LogP contribution in [0.5, 0.6) is 5.75 Å². The van der Waals surface area contributed by atoms with Crippen molar-refractivity contribution in [1.82, 2.24) is 10.3 Å². The quantitative estimate of drug-likeness (QED) is 0.826. The van der Waals surface area contributed by atoms with Gasteiger partial charge in [-0.25, -0.2) is 4.98 Å². The van der Waals surface area contributed by atoms with Crippen molar-refractivity contribution in [2.45, 2.75) is 52.8 Å². The number of rotatable bonds is 7. The molecule has 0 unspecified atom stereocenters. The number of benzene rings is 1. The van der Waals surface area contributed by atoms with Crippen LogP contribution >= 0.6 is 11.3 Å². The highest BCUT2D eigenvalue weighted by atomic mass is 32.1. The third kappa shape index (κ3) is 5.14. The fraction of sp³-hybridized carbons (Fsp3) is 0.471. The summed E-state index contributed by atoms with van der Waals surface area (Å²) in [4.78, 5) is 5.66. The first-order valence-electron chi connectivity index (χ1n) is 7.44. The molecule has 2 rings (SSSR count). The van der Waals surface area contributed by atoms with E-state index in [0.717, 1.165) is 17.3 Å². The van der Waals surface area contributed by atoms with Crippen LogP contribution in [0, 0.1) is 0 Å². The summed E-state index contributed by atoms with van der Waals surface area (Å²) < 4.78 is 5.79. The van der Waals surface area contributed by atoms with Crippen LogP contribution in [0.3, 0.4) is 0 Å². The third-order valence-electron chi connectivity index (χ3n) is 3.20. The Bertz CT molecular complexity index is 546. The van der Waals surface area contributed by atoms with Gasteiger partial charge in [-0.05, 0) is 23.6 Å². The maximum absolute atomic E-state index is 5.79. The monoisotopic (exact) mass is 304 g/mol. The molecule has 0 radical (unpaired) electrons. The van der Waals surface area contributed by atoms with Crippen molar-refractivity contribution in [3.63, 3.8) is 0 Å². The molecule has 4 heteroatoms. The molecule has 114 valence electrons. The van der Waals surface area contributed by atoms with Crippen LogP contribution in [0.25, 0.3) is 0 Å². The maximum Gasteiger partial charge on any atom is 0.140 e. The normalized spacial score (nSPS) is 11.3. The molecule has 0 fully saturated rings. The van der Waals surface area contributed by atoms with Crippen LogP contribution < -0.4 is 10.1 Å². The van der Waals surface area contributed by atoms with Gasteiger partial charge in [0.15, 0.2) is 0 Å². The SMILES string of the molecule is CC(C)NCc1cnc(COc2ccc(C(C)C)cc2)s1. The van der Waals surface area contributed by atoms with Gasteiger partial charge in [-0.2, -0.15) is 0 Å². The minimum absolute atomic E-state index is 0.492. The Morgan fingerprint density at radius 2 is 1.86 bits per heavy atom. The third-order valence-corrected chi connectivity index (χ3v) is 4.17. The van der Waals surface area contributed by atoms with Crippen LogP contribution in [0.15, 0.2) is 30.5 Å². The number of nitrogens with zero attached hydrogens (tertiary/aromatic N) is 1. The molecule has 1 N–H and O–H groups in total. The minimum Gasteiger partial charge on any atom is -0.486 e. The van der Waals surface area contributed by atoms with Crippen LogP contribution in [-0.2, 0) is 13.2 Å². The Hall–Kier alpha value is -1.39. The first-order chi connectivity index (χ1) is 10.0. The summed E-state index contributed by atoms with van der Waals surface area (Å²) in [6.45, 7) is 10.1. The van der Waals surface area contributed by atoms with Crippen molar-refractivity contribution in [2.24, 2.45) is 0 Å². The van der Waals surface area contributed by atoms with Gasteiger partial charge in [-0.1, -0.05) is 39.8 Å². The molecule has 1 heterocycles. The standard InChI is InChI=1S/C17H24N2OS/c1-12(2)14-5-7-15(8-6-14)20-11-17-19-10-16(21-17)9-18-13(3)4/h5-8,10,12-13,18H,9,11H2,1-4H3. The molecule has 0 aliphatic heterocycles. The molecule has 0 aliphatic carbocycles. The van der Waals surface area contributed by atoms with E-state index in [4.69, 9.17) is 4.74 Å². The predicted octanol–water partition coefficient (Wildman–Crippen LogP) is 4.34. The Labute approximate surface area is 131 Å². The molecule has 1 aromatic carbocycles. The Kier molecular flexibility index (Phi) is 5.76. The second-order valence-corrected chi connectivity index (χ2v) is 6.97. The average Bonchev–Trinajstić information content (AvgIpc) is 2.91. The molecule has 21 heavy (non-hydrogen) atoms. The maximum atomic E-state index is 5.79. The second kappa shape index (κ2) is 7.57. The largest absolute Gasteiger partial charge is 0.486 e. The summed E-state index contributed by atoms with van der Waals surface area (Å²) >= 11 is 1.70. The van der Waals surface area contributed by atoms with Crippen LogP contribution in [0.1, 0.15) is 49.1 Å². The van der Waals surface area contributed by atoms with E-state index in [-0.39, 0.29) is 0 Å². The average molecular weight is 304 g/mol. The summed E-state index contributed by atoms with van der Waals surface area (Å²) in [7, 11) is 0. The zero-order valence-electron chi connectivity index (χ0n) is 13.2. The summed E-state index contributed by atoms with van der Waals surface area (Å²) in [5.41, 5.74) is 1.33. The topological polar surface area (TPSA) is 34.2 Å². The molecule has 0 aliphatic rings. The van der Waals surface area contributed by atoms with Gasteiger partial charge < -0.3 is 10.1 Å². The molecule has 0 saturated carbocycles. The lowest BCUT2D eigenvalue weighted by Gasteiger charge is -2.07. The predicted molar refractivity (Wildman–Crippen MR) is 89.0 cm³/mol. The van der Waals surface area contributed by atoms with E-state index in [0.29, 0.717) is 18.6 Å². The van der Waals surface area contributed by atoms with Gasteiger partial charge in [-0.3, -0.25) is 0 Å². The molecule has 1 aromatic heterocycles. The van der Waals surface area contributed by atoms with Crippen LogP contribution in [0.4, 0.5) is 0 Å². The van der Waals surface area contributed by atoms with E-state index in [1.54, 1.807) is 11.3 Å². The van der Waals surface area contributed by atoms with E-state index in [1.165, 1.54) is 10.4 Å². The van der Waals surface area contributed by atoms with Gasteiger partial charge in [0.05, 0.1) is 0 Å². The van der Waals surface area contributed by atoms with Gasteiger partial charge >= 0.3 is 0 Å². The fourth-order valence-electron chi connectivity index (χ4n) is 1.90. The smallest absolute Gasteiger partial charge is 0.140 e. The van der Waals surface area contributed by atoms with E-state index in [2.05, 4.69) is 50.1 Å². The number of thiazole rings is 1. The highest BCUT2D eigenvalue weighted by Gasteiger charge is 2.04. The molecule has 3 nitrogen and oxygen atoms in total. The zero-order chi connectivity index (χ0) is 15.2. The first-order valence-corrected chi connectivity index (χ1v) is 8.26. The molecule has 0 saturated heterocycles. The zero-order valence-corrected chi connectivity index (χ0v) is 14.0. The van der Waals surface area contributed by atoms with Crippen molar-refractivity contribution in [3.8, 4) is 5.75 Å². The number of ether oxygens (including phenoxy) is 1. The Morgan fingerprint density at radius 1 is 1.14 bits per heavy atom. The minimum atomic E-state index is 0.492. The van der Waals surface area contributed by atoms with Crippen molar-refractivity contribution >= 4 is 11.3 Å².